The second-order valence-corrected chi connectivity index (χ2v) is 9.13. The van der Waals surface area contributed by atoms with Crippen LogP contribution in [0.4, 0.5) is 0 Å². The van der Waals surface area contributed by atoms with Crippen molar-refractivity contribution in [2.24, 2.45) is 5.41 Å². The Hall–Kier alpha value is -1.89. The number of carbonyl (C=O) groups is 2. The van der Waals surface area contributed by atoms with Crippen molar-refractivity contribution in [2.45, 2.75) is 46.2 Å². The van der Waals surface area contributed by atoms with Crippen LogP contribution in [0.2, 0.25) is 5.02 Å². The third kappa shape index (κ3) is 4.24. The van der Waals surface area contributed by atoms with Gasteiger partial charge in [-0.05, 0) is 49.9 Å². The number of hydrogen-bond acceptors (Lipinski definition) is 5. The monoisotopic (exact) mass is 421 g/mol. The van der Waals surface area contributed by atoms with E-state index < -0.39 is 17.4 Å². The van der Waals surface area contributed by atoms with Crippen molar-refractivity contribution in [1.29, 1.82) is 0 Å². The van der Waals surface area contributed by atoms with Crippen LogP contribution in [-0.2, 0) is 22.6 Å². The summed E-state index contributed by atoms with van der Waals surface area (Å²) in [5.74, 6) is -1.17. The van der Waals surface area contributed by atoms with Gasteiger partial charge in [-0.1, -0.05) is 36.7 Å². The van der Waals surface area contributed by atoms with E-state index in [0.717, 1.165) is 10.4 Å². The van der Waals surface area contributed by atoms with Crippen LogP contribution in [0.25, 0.3) is 0 Å². The van der Waals surface area contributed by atoms with Crippen LogP contribution in [0.1, 0.15) is 49.2 Å². The Balaban J connectivity index is 1.80. The number of aliphatic carboxylic acids is 1. The summed E-state index contributed by atoms with van der Waals surface area (Å²) >= 11 is 7.72. The molecule has 28 heavy (non-hydrogen) atoms. The fourth-order valence-corrected chi connectivity index (χ4v) is 4.40. The first-order chi connectivity index (χ1) is 13.2. The number of ether oxygens (including phenoxy) is 1. The number of fused-ring (bicyclic) bond motifs is 1. The van der Waals surface area contributed by atoms with Gasteiger partial charge < -0.3 is 9.84 Å². The molecule has 7 heteroatoms. The van der Waals surface area contributed by atoms with E-state index in [2.05, 4.69) is 0 Å². The Bertz CT molecular complexity index is 892. The van der Waals surface area contributed by atoms with Gasteiger partial charge in [0.25, 0.3) is 0 Å². The molecule has 1 aromatic carbocycles. The van der Waals surface area contributed by atoms with Crippen molar-refractivity contribution < 1.29 is 19.4 Å². The first-order valence-electron chi connectivity index (χ1n) is 9.28. The fourth-order valence-electron chi connectivity index (χ4n) is 3.15. The highest BCUT2D eigenvalue weighted by Gasteiger charge is 2.33. The molecule has 5 nitrogen and oxygen atoms in total. The number of thiophene rings is 1. The van der Waals surface area contributed by atoms with Crippen LogP contribution in [-0.4, -0.2) is 28.5 Å². The van der Waals surface area contributed by atoms with E-state index in [0.29, 0.717) is 41.6 Å². The van der Waals surface area contributed by atoms with Crippen molar-refractivity contribution in [2.75, 3.05) is 6.54 Å². The van der Waals surface area contributed by atoms with Gasteiger partial charge in [0.1, 0.15) is 6.04 Å². The molecule has 2 aromatic rings. The molecule has 1 aliphatic rings. The van der Waals surface area contributed by atoms with Crippen molar-refractivity contribution in [3.63, 3.8) is 0 Å². The second-order valence-electron chi connectivity index (χ2n) is 7.62. The second kappa shape index (κ2) is 8.23. The molecule has 1 aromatic heterocycles. The van der Waals surface area contributed by atoms with Gasteiger partial charge in [-0.2, -0.15) is 0 Å². The zero-order chi connectivity index (χ0) is 20.5. The number of carboxylic acids is 1. The van der Waals surface area contributed by atoms with Gasteiger partial charge >= 0.3 is 11.9 Å². The number of hydrogen-bond donors (Lipinski definition) is 1. The largest absolute Gasteiger partial charge is 0.480 e. The molecule has 0 aliphatic carbocycles. The molecule has 1 aliphatic heterocycles. The quantitative estimate of drug-likeness (QED) is 0.670. The maximum Gasteiger partial charge on any atom is 0.325 e. The lowest BCUT2D eigenvalue weighted by Crippen LogP contribution is -2.37. The van der Waals surface area contributed by atoms with Crippen molar-refractivity contribution >= 4 is 34.9 Å². The number of rotatable bonds is 6. The Morgan fingerprint density at radius 2 is 2.07 bits per heavy atom. The predicted octanol–water partition coefficient (Wildman–Crippen LogP) is 4.93. The molecule has 0 bridgehead atoms. The smallest absolute Gasteiger partial charge is 0.325 e. The van der Waals surface area contributed by atoms with E-state index in [9.17, 15) is 14.7 Å². The van der Waals surface area contributed by atoms with Crippen molar-refractivity contribution in [3.05, 3.63) is 51.4 Å². The topological polar surface area (TPSA) is 66.8 Å². The first kappa shape index (κ1) is 20.8. The summed E-state index contributed by atoms with van der Waals surface area (Å²) in [6.45, 7) is 6.77. The average Bonchev–Trinajstić information content (AvgIpc) is 3.04. The third-order valence-electron chi connectivity index (χ3n) is 5.30. The number of halogens is 1. The molecular formula is C21H24ClNO4S. The summed E-state index contributed by atoms with van der Waals surface area (Å²) in [5.41, 5.74) is 1.06. The van der Waals surface area contributed by atoms with Crippen LogP contribution in [0.5, 0.6) is 5.06 Å². The minimum Gasteiger partial charge on any atom is -0.480 e. The van der Waals surface area contributed by atoms with E-state index >= 15 is 0 Å². The Morgan fingerprint density at radius 1 is 1.36 bits per heavy atom. The molecule has 0 fully saturated rings. The normalized spacial score (nSPS) is 15.7. The number of nitrogens with zero attached hydrogens (tertiary/aromatic N) is 1. The Morgan fingerprint density at radius 3 is 2.71 bits per heavy atom. The van der Waals surface area contributed by atoms with E-state index in [1.165, 1.54) is 11.3 Å². The van der Waals surface area contributed by atoms with Crippen LogP contribution >= 0.6 is 22.9 Å². The zero-order valence-electron chi connectivity index (χ0n) is 16.2. The maximum absolute atomic E-state index is 12.3. The van der Waals surface area contributed by atoms with Gasteiger partial charge in [-0.15, -0.1) is 11.3 Å². The summed E-state index contributed by atoms with van der Waals surface area (Å²) < 4.78 is 5.59. The SMILES string of the molecule is CCC(C)(C)C(=O)Oc1cc2c(s1)CCN([C@H](C(=O)O)c1ccccc1Cl)C2. The maximum atomic E-state index is 12.3. The molecule has 0 radical (unpaired) electrons. The van der Waals surface area contributed by atoms with Gasteiger partial charge in [0.2, 0.25) is 0 Å². The molecule has 150 valence electrons. The van der Waals surface area contributed by atoms with Crippen molar-refractivity contribution in [1.82, 2.24) is 4.90 Å². The highest BCUT2D eigenvalue weighted by atomic mass is 35.5. The molecule has 0 amide bonds. The molecular weight excluding hydrogens is 398 g/mol. The molecule has 3 rings (SSSR count). The van der Waals surface area contributed by atoms with Crippen molar-refractivity contribution in [3.8, 4) is 5.06 Å². The first-order valence-corrected chi connectivity index (χ1v) is 10.5. The third-order valence-corrected chi connectivity index (χ3v) is 6.76. The number of benzene rings is 1. The van der Waals surface area contributed by atoms with Gasteiger partial charge in [0.15, 0.2) is 5.06 Å². The molecule has 1 atom stereocenters. The van der Waals surface area contributed by atoms with Gasteiger partial charge in [0, 0.05) is 23.0 Å². The van der Waals surface area contributed by atoms with E-state index in [1.54, 1.807) is 24.3 Å². The Labute approximate surface area is 173 Å². The number of carboxylic acid groups (broad SMARTS) is 1. The minimum atomic E-state index is -0.928. The number of carbonyl (C=O) groups excluding carboxylic acids is 1. The standard InChI is InChI=1S/C21H24ClNO4S/c1-4-21(2,3)20(26)27-17-11-13-12-23(10-9-16(13)28-17)18(19(24)25)14-7-5-6-8-15(14)22/h5-8,11,18H,4,9-10,12H2,1-3H3,(H,24,25)/t18-/m0/s1. The summed E-state index contributed by atoms with van der Waals surface area (Å²) in [7, 11) is 0. The van der Waals surface area contributed by atoms with Crippen LogP contribution in [0, 0.1) is 5.41 Å². The molecule has 0 saturated carbocycles. The van der Waals surface area contributed by atoms with Crippen LogP contribution in [0.3, 0.4) is 0 Å². The highest BCUT2D eigenvalue weighted by Crippen LogP contribution is 2.38. The minimum absolute atomic E-state index is 0.245. The zero-order valence-corrected chi connectivity index (χ0v) is 17.8. The lowest BCUT2D eigenvalue weighted by atomic mass is 9.91. The van der Waals surface area contributed by atoms with E-state index in [1.807, 2.05) is 31.7 Å². The predicted molar refractivity (Wildman–Crippen MR) is 110 cm³/mol. The summed E-state index contributed by atoms with van der Waals surface area (Å²) in [6, 6.07) is 8.10. The molecule has 2 heterocycles. The van der Waals surface area contributed by atoms with Gasteiger partial charge in [-0.3, -0.25) is 14.5 Å². The number of esters is 1. The summed E-state index contributed by atoms with van der Waals surface area (Å²) in [6.07, 6.45) is 1.41. The Kier molecular flexibility index (Phi) is 6.12. The van der Waals surface area contributed by atoms with Crippen LogP contribution in [0.15, 0.2) is 30.3 Å². The lowest BCUT2D eigenvalue weighted by Gasteiger charge is -2.32. The summed E-state index contributed by atoms with van der Waals surface area (Å²) in [4.78, 5) is 27.4. The van der Waals surface area contributed by atoms with E-state index in [4.69, 9.17) is 16.3 Å². The fraction of sp³-hybridized carbons (Fsp3) is 0.429. The lowest BCUT2D eigenvalue weighted by molar-refractivity contribution is -0.144. The molecule has 0 saturated heterocycles. The average molecular weight is 422 g/mol. The molecule has 1 N–H and O–H groups in total. The van der Waals surface area contributed by atoms with Gasteiger partial charge in [-0.25, -0.2) is 0 Å². The molecule has 0 unspecified atom stereocenters. The highest BCUT2D eigenvalue weighted by molar-refractivity contribution is 7.14. The van der Waals surface area contributed by atoms with Gasteiger partial charge in [0.05, 0.1) is 5.41 Å². The molecule has 0 spiro atoms. The van der Waals surface area contributed by atoms with E-state index in [-0.39, 0.29) is 5.97 Å². The summed E-state index contributed by atoms with van der Waals surface area (Å²) in [5, 5.41) is 10.8. The van der Waals surface area contributed by atoms with Crippen LogP contribution < -0.4 is 4.74 Å².